The van der Waals surface area contributed by atoms with E-state index in [4.69, 9.17) is 13.6 Å². The largest absolute Gasteiger partial charge is 0.486 e. The summed E-state index contributed by atoms with van der Waals surface area (Å²) >= 11 is 0. The number of benzene rings is 1. The van der Waals surface area contributed by atoms with Gasteiger partial charge in [0.05, 0.1) is 5.71 Å². The average molecular weight is 352 g/mol. The van der Waals surface area contributed by atoms with Crippen LogP contribution in [0.25, 0.3) is 0 Å². The summed E-state index contributed by atoms with van der Waals surface area (Å²) in [4.78, 5) is 12.2. The van der Waals surface area contributed by atoms with Gasteiger partial charge in [-0.2, -0.15) is 5.10 Å². The van der Waals surface area contributed by atoms with E-state index in [1.807, 2.05) is 50.2 Å². The summed E-state index contributed by atoms with van der Waals surface area (Å²) in [6.45, 7) is 5.77. The van der Waals surface area contributed by atoms with Crippen LogP contribution in [0.5, 0.6) is 5.75 Å². The van der Waals surface area contributed by atoms with E-state index >= 15 is 0 Å². The van der Waals surface area contributed by atoms with Crippen LogP contribution < -0.4 is 10.2 Å². The van der Waals surface area contributed by atoms with Crippen LogP contribution in [-0.2, 0) is 6.61 Å². The minimum Gasteiger partial charge on any atom is -0.486 e. The second-order valence-corrected chi connectivity index (χ2v) is 5.83. The Morgan fingerprint density at radius 3 is 2.58 bits per heavy atom. The molecule has 2 aromatic heterocycles. The van der Waals surface area contributed by atoms with Gasteiger partial charge in [0.15, 0.2) is 5.76 Å². The normalized spacial score (nSPS) is 11.4. The smallest absolute Gasteiger partial charge is 0.307 e. The summed E-state index contributed by atoms with van der Waals surface area (Å²) in [5.74, 6) is 2.60. The SMILES string of the molecule is C/C(=N/NC(=O)c1ccc(COc2ccccc2)o1)c1cc(C)oc1C. The Labute approximate surface area is 151 Å². The van der Waals surface area contributed by atoms with Crippen molar-refractivity contribution in [2.24, 2.45) is 5.10 Å². The van der Waals surface area contributed by atoms with E-state index in [0.717, 1.165) is 22.8 Å². The number of ether oxygens (including phenoxy) is 1. The van der Waals surface area contributed by atoms with Crippen LogP contribution in [0.2, 0.25) is 0 Å². The lowest BCUT2D eigenvalue weighted by molar-refractivity contribution is 0.0923. The van der Waals surface area contributed by atoms with Crippen molar-refractivity contribution in [3.05, 3.63) is 77.1 Å². The van der Waals surface area contributed by atoms with E-state index in [1.165, 1.54) is 0 Å². The number of rotatable bonds is 6. The molecule has 6 heteroatoms. The van der Waals surface area contributed by atoms with Gasteiger partial charge >= 0.3 is 5.91 Å². The fourth-order valence-corrected chi connectivity index (χ4v) is 2.49. The molecule has 0 spiro atoms. The fourth-order valence-electron chi connectivity index (χ4n) is 2.49. The van der Waals surface area contributed by atoms with Crippen LogP contribution in [0, 0.1) is 13.8 Å². The molecule has 6 nitrogen and oxygen atoms in total. The lowest BCUT2D eigenvalue weighted by Crippen LogP contribution is -2.18. The molecule has 134 valence electrons. The number of nitrogens with zero attached hydrogens (tertiary/aromatic N) is 1. The molecule has 1 aromatic carbocycles. The third-order valence-electron chi connectivity index (χ3n) is 3.77. The topological polar surface area (TPSA) is 77.0 Å². The van der Waals surface area contributed by atoms with Gasteiger partial charge in [0.25, 0.3) is 0 Å². The first-order valence-corrected chi connectivity index (χ1v) is 8.21. The van der Waals surface area contributed by atoms with Crippen molar-refractivity contribution in [2.45, 2.75) is 27.4 Å². The quantitative estimate of drug-likeness (QED) is 0.532. The number of aryl methyl sites for hydroxylation is 2. The lowest BCUT2D eigenvalue weighted by Gasteiger charge is -2.03. The zero-order valence-electron chi connectivity index (χ0n) is 14.9. The minimum atomic E-state index is -0.423. The monoisotopic (exact) mass is 352 g/mol. The molecule has 0 bridgehead atoms. The Hall–Kier alpha value is -3.28. The van der Waals surface area contributed by atoms with Crippen LogP contribution in [0.1, 0.15) is 40.3 Å². The van der Waals surface area contributed by atoms with Crippen molar-refractivity contribution >= 4 is 11.6 Å². The van der Waals surface area contributed by atoms with Crippen molar-refractivity contribution in [3.8, 4) is 5.75 Å². The van der Waals surface area contributed by atoms with E-state index in [-0.39, 0.29) is 12.4 Å². The average Bonchev–Trinajstić information content (AvgIpc) is 3.24. The summed E-state index contributed by atoms with van der Waals surface area (Å²) in [6.07, 6.45) is 0. The van der Waals surface area contributed by atoms with Crippen molar-refractivity contribution in [1.82, 2.24) is 5.43 Å². The molecule has 0 radical (unpaired) electrons. The number of carbonyl (C=O) groups is 1. The summed E-state index contributed by atoms with van der Waals surface area (Å²) in [7, 11) is 0. The van der Waals surface area contributed by atoms with Gasteiger partial charge in [0.2, 0.25) is 0 Å². The van der Waals surface area contributed by atoms with Gasteiger partial charge in [-0.3, -0.25) is 4.79 Å². The predicted molar refractivity (Wildman–Crippen MR) is 97.3 cm³/mol. The van der Waals surface area contributed by atoms with Gasteiger partial charge in [0, 0.05) is 5.56 Å². The summed E-state index contributed by atoms with van der Waals surface area (Å²) in [5, 5.41) is 4.11. The number of hydrogen-bond donors (Lipinski definition) is 1. The lowest BCUT2D eigenvalue weighted by atomic mass is 10.2. The van der Waals surface area contributed by atoms with Gasteiger partial charge in [-0.05, 0) is 51.1 Å². The zero-order chi connectivity index (χ0) is 18.5. The van der Waals surface area contributed by atoms with Gasteiger partial charge in [-0.1, -0.05) is 18.2 Å². The molecule has 3 rings (SSSR count). The molecule has 26 heavy (non-hydrogen) atoms. The van der Waals surface area contributed by atoms with Crippen LogP contribution in [0.15, 0.2) is 62.5 Å². The fraction of sp³-hybridized carbons (Fsp3) is 0.200. The van der Waals surface area contributed by atoms with Crippen LogP contribution in [0.3, 0.4) is 0 Å². The summed E-state index contributed by atoms with van der Waals surface area (Å²) in [6, 6.07) is 14.6. The molecule has 1 amide bonds. The Morgan fingerprint density at radius 2 is 1.88 bits per heavy atom. The minimum absolute atomic E-state index is 0.174. The molecule has 0 aliphatic heterocycles. The highest BCUT2D eigenvalue weighted by Gasteiger charge is 2.12. The van der Waals surface area contributed by atoms with E-state index in [0.29, 0.717) is 11.5 Å². The van der Waals surface area contributed by atoms with E-state index < -0.39 is 5.91 Å². The van der Waals surface area contributed by atoms with Gasteiger partial charge in [-0.15, -0.1) is 0 Å². The van der Waals surface area contributed by atoms with E-state index in [9.17, 15) is 4.79 Å². The molecule has 0 unspecified atom stereocenters. The molecule has 3 aromatic rings. The van der Waals surface area contributed by atoms with Crippen LogP contribution in [-0.4, -0.2) is 11.6 Å². The molecular formula is C20H20N2O4. The third-order valence-corrected chi connectivity index (χ3v) is 3.77. The highest BCUT2D eigenvalue weighted by molar-refractivity contribution is 6.01. The summed E-state index contributed by atoms with van der Waals surface area (Å²) < 4.78 is 16.6. The number of amides is 1. The maximum absolute atomic E-state index is 12.2. The van der Waals surface area contributed by atoms with Crippen molar-refractivity contribution in [1.29, 1.82) is 0 Å². The highest BCUT2D eigenvalue weighted by atomic mass is 16.5. The maximum Gasteiger partial charge on any atom is 0.307 e. The Balaban J connectivity index is 1.59. The number of nitrogens with one attached hydrogen (secondary N) is 1. The molecular weight excluding hydrogens is 332 g/mol. The molecule has 1 N–H and O–H groups in total. The van der Waals surface area contributed by atoms with Crippen LogP contribution >= 0.6 is 0 Å². The van der Waals surface area contributed by atoms with Gasteiger partial charge < -0.3 is 13.6 Å². The van der Waals surface area contributed by atoms with E-state index in [1.54, 1.807) is 19.1 Å². The number of furan rings is 2. The number of para-hydroxylation sites is 1. The van der Waals surface area contributed by atoms with E-state index in [2.05, 4.69) is 10.5 Å². The first-order chi connectivity index (χ1) is 12.5. The molecule has 0 saturated carbocycles. The summed E-state index contributed by atoms with van der Waals surface area (Å²) in [5.41, 5.74) is 4.01. The predicted octanol–water partition coefficient (Wildman–Crippen LogP) is 4.22. The van der Waals surface area contributed by atoms with Gasteiger partial charge in [-0.25, -0.2) is 5.43 Å². The molecule has 0 aliphatic carbocycles. The number of carbonyl (C=O) groups excluding carboxylic acids is 1. The molecule has 0 aliphatic rings. The first-order valence-electron chi connectivity index (χ1n) is 8.21. The Morgan fingerprint density at radius 1 is 1.12 bits per heavy atom. The number of hydrazone groups is 1. The Bertz CT molecular complexity index is 922. The van der Waals surface area contributed by atoms with Crippen LogP contribution in [0.4, 0.5) is 0 Å². The van der Waals surface area contributed by atoms with Gasteiger partial charge in [0.1, 0.15) is 29.6 Å². The second-order valence-electron chi connectivity index (χ2n) is 5.83. The molecule has 0 atom stereocenters. The first kappa shape index (κ1) is 17.5. The standard InChI is InChI=1S/C20H20N2O4/c1-13-11-18(15(3)25-13)14(2)21-22-20(23)19-10-9-17(26-19)12-24-16-7-5-4-6-8-16/h4-11H,12H2,1-3H3,(H,22,23)/b21-14-. The molecule has 0 saturated heterocycles. The molecule has 0 fully saturated rings. The third kappa shape index (κ3) is 4.22. The highest BCUT2D eigenvalue weighted by Crippen LogP contribution is 2.15. The van der Waals surface area contributed by atoms with Crippen molar-refractivity contribution in [2.75, 3.05) is 0 Å². The zero-order valence-corrected chi connectivity index (χ0v) is 14.9. The number of hydrogen-bond acceptors (Lipinski definition) is 5. The second kappa shape index (κ2) is 7.74. The molecule has 2 heterocycles. The maximum atomic E-state index is 12.2. The van der Waals surface area contributed by atoms with Crippen molar-refractivity contribution < 1.29 is 18.4 Å². The van der Waals surface area contributed by atoms with Crippen molar-refractivity contribution in [3.63, 3.8) is 0 Å². The Kier molecular flexibility index (Phi) is 5.22.